The molecular formula is C25H40N6O3. The largest absolute Gasteiger partial charge is 0.384 e. The summed E-state index contributed by atoms with van der Waals surface area (Å²) in [4.78, 5) is 0. The van der Waals surface area contributed by atoms with Crippen LogP contribution < -0.4 is 0 Å². The minimum absolute atomic E-state index is 0.361. The lowest BCUT2D eigenvalue weighted by atomic mass is 10.1. The Balaban J connectivity index is 2.22. The van der Waals surface area contributed by atoms with E-state index >= 15 is 0 Å². The van der Waals surface area contributed by atoms with Crippen molar-refractivity contribution in [3.63, 3.8) is 0 Å². The summed E-state index contributed by atoms with van der Waals surface area (Å²) in [6.07, 6.45) is 2.08. The lowest BCUT2D eigenvalue weighted by Crippen LogP contribution is -2.31. The minimum atomic E-state index is -0.361. The van der Waals surface area contributed by atoms with Crippen LogP contribution >= 0.6 is 0 Å². The molecule has 9 nitrogen and oxygen atoms in total. The number of rotatable bonds is 12. The lowest BCUT2D eigenvalue weighted by Gasteiger charge is -2.24. The molecule has 0 aliphatic rings. The summed E-state index contributed by atoms with van der Waals surface area (Å²) in [6.45, 7) is 14.5. The Morgan fingerprint density at radius 3 is 1.03 bits per heavy atom. The molecule has 0 aliphatic heterocycles. The van der Waals surface area contributed by atoms with Crippen molar-refractivity contribution in [3.05, 3.63) is 50.9 Å². The highest BCUT2D eigenvalue weighted by Gasteiger charge is 2.29. The SMILES string of the molecule is COCCc1c(C)nn(C(n2nc(C)c(CCOC)c2C)n2nc(C)c(CCOC)c2C)c1C. The van der Waals surface area contributed by atoms with E-state index in [1.165, 1.54) is 16.7 Å². The summed E-state index contributed by atoms with van der Waals surface area (Å²) in [6, 6.07) is 0. The van der Waals surface area contributed by atoms with Gasteiger partial charge in [0.05, 0.1) is 36.9 Å². The lowest BCUT2D eigenvalue weighted by molar-refractivity contribution is 0.201. The molecule has 0 saturated carbocycles. The number of hydrogen-bond acceptors (Lipinski definition) is 6. The molecule has 0 bridgehead atoms. The van der Waals surface area contributed by atoms with Crippen LogP contribution in [0.1, 0.15) is 57.1 Å². The van der Waals surface area contributed by atoms with Crippen LogP contribution in [-0.4, -0.2) is 70.5 Å². The maximum absolute atomic E-state index is 5.35. The summed E-state index contributed by atoms with van der Waals surface area (Å²) < 4.78 is 22.2. The molecule has 0 fully saturated rings. The molecular weight excluding hydrogens is 432 g/mol. The second-order valence-corrected chi connectivity index (χ2v) is 8.86. The summed E-state index contributed by atoms with van der Waals surface area (Å²) in [7, 11) is 5.19. The van der Waals surface area contributed by atoms with Gasteiger partial charge >= 0.3 is 0 Å². The van der Waals surface area contributed by atoms with Crippen molar-refractivity contribution in [3.8, 4) is 0 Å². The van der Waals surface area contributed by atoms with Crippen LogP contribution in [0.5, 0.6) is 0 Å². The fourth-order valence-corrected chi connectivity index (χ4v) is 4.77. The molecule has 3 rings (SSSR count). The first-order valence-electron chi connectivity index (χ1n) is 11.9. The Morgan fingerprint density at radius 1 is 0.529 bits per heavy atom. The van der Waals surface area contributed by atoms with Crippen molar-refractivity contribution in [1.29, 1.82) is 0 Å². The van der Waals surface area contributed by atoms with E-state index in [4.69, 9.17) is 29.5 Å². The molecule has 0 radical (unpaired) electrons. The van der Waals surface area contributed by atoms with Gasteiger partial charge in [-0.25, -0.2) is 14.0 Å². The monoisotopic (exact) mass is 472 g/mol. The molecule has 0 spiro atoms. The third-order valence-corrected chi connectivity index (χ3v) is 6.75. The minimum Gasteiger partial charge on any atom is -0.384 e. The zero-order chi connectivity index (χ0) is 25.0. The molecule has 0 N–H and O–H groups in total. The molecule has 34 heavy (non-hydrogen) atoms. The van der Waals surface area contributed by atoms with E-state index in [-0.39, 0.29) is 6.29 Å². The van der Waals surface area contributed by atoms with Crippen LogP contribution in [0.3, 0.4) is 0 Å². The molecule has 0 amide bonds. The number of nitrogens with zero attached hydrogens (tertiary/aromatic N) is 6. The standard InChI is InChI=1S/C25H40N6O3/c1-16-22(10-13-32-7)19(4)29(26-16)25(30-20(5)23(11-14-33-8)17(2)27-30)31-21(6)24(12-15-34-9)18(3)28-31/h25H,10-15H2,1-9H3. The maximum Gasteiger partial charge on any atom is 0.238 e. The first kappa shape index (κ1) is 26.1. The fourth-order valence-electron chi connectivity index (χ4n) is 4.77. The van der Waals surface area contributed by atoms with Crippen LogP contribution in [0.4, 0.5) is 0 Å². The summed E-state index contributed by atoms with van der Waals surface area (Å²) in [5, 5.41) is 15.0. The van der Waals surface area contributed by atoms with E-state index < -0.39 is 0 Å². The molecule has 3 aromatic heterocycles. The van der Waals surface area contributed by atoms with Crippen molar-refractivity contribution in [2.24, 2.45) is 0 Å². The van der Waals surface area contributed by atoms with E-state index in [2.05, 4.69) is 55.6 Å². The third kappa shape index (κ3) is 4.96. The van der Waals surface area contributed by atoms with Crippen molar-refractivity contribution in [2.45, 2.75) is 67.1 Å². The van der Waals surface area contributed by atoms with Gasteiger partial charge in [-0.2, -0.15) is 15.3 Å². The Bertz CT molecular complexity index is 973. The van der Waals surface area contributed by atoms with Gasteiger partial charge in [-0.05, 0) is 77.5 Å². The first-order chi connectivity index (χ1) is 16.3. The Kier molecular flexibility index (Phi) is 8.67. The van der Waals surface area contributed by atoms with Crippen molar-refractivity contribution >= 4 is 0 Å². The van der Waals surface area contributed by atoms with Crippen LogP contribution in [0.15, 0.2) is 0 Å². The Morgan fingerprint density at radius 2 is 0.794 bits per heavy atom. The average molecular weight is 473 g/mol. The van der Waals surface area contributed by atoms with E-state index in [1.807, 2.05) is 0 Å². The quantitative estimate of drug-likeness (QED) is 0.403. The number of methoxy groups -OCH3 is 3. The van der Waals surface area contributed by atoms with Gasteiger partial charge in [0.25, 0.3) is 0 Å². The number of hydrogen-bond donors (Lipinski definition) is 0. The molecule has 0 aromatic carbocycles. The van der Waals surface area contributed by atoms with Gasteiger partial charge in [0.2, 0.25) is 6.29 Å². The second-order valence-electron chi connectivity index (χ2n) is 8.86. The fraction of sp³-hybridized carbons (Fsp3) is 0.640. The highest BCUT2D eigenvalue weighted by molar-refractivity contribution is 5.30. The van der Waals surface area contributed by atoms with Crippen LogP contribution in [-0.2, 0) is 33.5 Å². The summed E-state index contributed by atoms with van der Waals surface area (Å²) >= 11 is 0. The van der Waals surface area contributed by atoms with E-state index in [0.717, 1.165) is 53.4 Å². The maximum atomic E-state index is 5.35. The number of aromatic nitrogens is 6. The van der Waals surface area contributed by atoms with Crippen LogP contribution in [0.2, 0.25) is 0 Å². The highest BCUT2D eigenvalue weighted by atomic mass is 16.5. The molecule has 0 atom stereocenters. The van der Waals surface area contributed by atoms with Crippen LogP contribution in [0.25, 0.3) is 0 Å². The normalized spacial score (nSPS) is 11.8. The zero-order valence-corrected chi connectivity index (χ0v) is 22.2. The molecule has 3 aromatic rings. The van der Waals surface area contributed by atoms with E-state index in [9.17, 15) is 0 Å². The molecule has 0 aliphatic carbocycles. The van der Waals surface area contributed by atoms with Gasteiger partial charge in [-0.1, -0.05) is 0 Å². The molecule has 188 valence electrons. The average Bonchev–Trinajstić information content (AvgIpc) is 3.35. The van der Waals surface area contributed by atoms with E-state index in [0.29, 0.717) is 19.8 Å². The number of ether oxygens (including phenoxy) is 3. The predicted octanol–water partition coefficient (Wildman–Crippen LogP) is 3.25. The third-order valence-electron chi connectivity index (χ3n) is 6.75. The van der Waals surface area contributed by atoms with Gasteiger partial charge in [-0.15, -0.1) is 0 Å². The molecule has 0 saturated heterocycles. The van der Waals surface area contributed by atoms with Gasteiger partial charge < -0.3 is 14.2 Å². The topological polar surface area (TPSA) is 81.2 Å². The highest BCUT2D eigenvalue weighted by Crippen LogP contribution is 2.27. The van der Waals surface area contributed by atoms with Crippen molar-refractivity contribution in [1.82, 2.24) is 29.3 Å². The molecule has 9 heteroatoms. The van der Waals surface area contributed by atoms with Crippen molar-refractivity contribution in [2.75, 3.05) is 41.2 Å². The summed E-state index contributed by atoms with van der Waals surface area (Å²) in [5.74, 6) is 0. The van der Waals surface area contributed by atoms with Gasteiger partial charge in [0, 0.05) is 38.4 Å². The molecule has 0 unspecified atom stereocenters. The summed E-state index contributed by atoms with van der Waals surface area (Å²) in [5.41, 5.74) is 9.90. The van der Waals surface area contributed by atoms with E-state index in [1.54, 1.807) is 21.3 Å². The number of aryl methyl sites for hydroxylation is 3. The second kappa shape index (κ2) is 11.3. The van der Waals surface area contributed by atoms with Gasteiger partial charge in [-0.3, -0.25) is 0 Å². The Labute approximate surface area is 203 Å². The first-order valence-corrected chi connectivity index (χ1v) is 11.9. The van der Waals surface area contributed by atoms with Crippen LogP contribution in [0, 0.1) is 41.5 Å². The van der Waals surface area contributed by atoms with Crippen molar-refractivity contribution < 1.29 is 14.2 Å². The smallest absolute Gasteiger partial charge is 0.238 e. The zero-order valence-electron chi connectivity index (χ0n) is 22.2. The predicted molar refractivity (Wildman–Crippen MR) is 132 cm³/mol. The Hall–Kier alpha value is -2.49. The molecule has 3 heterocycles. The van der Waals surface area contributed by atoms with Gasteiger partial charge in [0.15, 0.2) is 0 Å². The van der Waals surface area contributed by atoms with Gasteiger partial charge in [0.1, 0.15) is 0 Å².